The van der Waals surface area contributed by atoms with Crippen molar-refractivity contribution in [1.29, 1.82) is 0 Å². The van der Waals surface area contributed by atoms with E-state index < -0.39 is 6.04 Å². The van der Waals surface area contributed by atoms with Crippen molar-refractivity contribution >= 4 is 23.3 Å². The Kier molecular flexibility index (Phi) is 5.51. The van der Waals surface area contributed by atoms with Gasteiger partial charge in [0.05, 0.1) is 6.04 Å². The van der Waals surface area contributed by atoms with Gasteiger partial charge in [0.15, 0.2) is 0 Å². The number of amides is 1. The molecule has 0 spiro atoms. The number of hydrogen-bond donors (Lipinski definition) is 1. The number of nitrogens with zero attached hydrogens (tertiary/aromatic N) is 4. The summed E-state index contributed by atoms with van der Waals surface area (Å²) in [6, 6.07) is 6.97. The average Bonchev–Trinajstić information content (AvgIpc) is 3.10. The van der Waals surface area contributed by atoms with E-state index in [1.165, 1.54) is 11.3 Å². The number of nitrogens with two attached hydrogens (primary N) is 1. The lowest BCUT2D eigenvalue weighted by Crippen LogP contribution is -2.54. The van der Waals surface area contributed by atoms with Crippen LogP contribution in [0, 0.1) is 0 Å². The Bertz CT molecular complexity index is 848. The summed E-state index contributed by atoms with van der Waals surface area (Å²) in [4.78, 5) is 26.0. The molecule has 2 aromatic rings. The molecule has 1 aliphatic carbocycles. The molecule has 0 saturated carbocycles. The fraction of sp³-hybridized carbons (Fsp3) is 0.476. The van der Waals surface area contributed by atoms with E-state index >= 15 is 0 Å². The van der Waals surface area contributed by atoms with E-state index in [0.717, 1.165) is 37.3 Å². The lowest BCUT2D eigenvalue weighted by molar-refractivity contribution is -0.132. The predicted octanol–water partition coefficient (Wildman–Crippen LogP) is 2.40. The van der Waals surface area contributed by atoms with Crippen molar-refractivity contribution in [1.82, 2.24) is 14.9 Å². The predicted molar refractivity (Wildman–Crippen MR) is 111 cm³/mol. The van der Waals surface area contributed by atoms with Crippen LogP contribution in [0.1, 0.15) is 36.1 Å². The number of fused-ring (bicyclic) bond motifs is 1. The highest BCUT2D eigenvalue weighted by atomic mass is 35.5. The average molecular weight is 400 g/mol. The lowest BCUT2D eigenvalue weighted by atomic mass is 10.0. The van der Waals surface area contributed by atoms with E-state index in [2.05, 4.69) is 21.8 Å². The third-order valence-corrected chi connectivity index (χ3v) is 6.08. The molecule has 0 bridgehead atoms. The second kappa shape index (κ2) is 8.05. The largest absolute Gasteiger partial charge is 0.353 e. The van der Waals surface area contributed by atoms with E-state index in [-0.39, 0.29) is 5.91 Å². The molecule has 2 N–H and O–H groups in total. The van der Waals surface area contributed by atoms with Crippen LogP contribution >= 0.6 is 11.6 Å². The fourth-order valence-corrected chi connectivity index (χ4v) is 4.34. The van der Waals surface area contributed by atoms with Crippen molar-refractivity contribution in [2.75, 3.05) is 31.1 Å². The standard InChI is InChI=1S/C21H26ClN5O/c1-14-2-7-18-19(14)20(25-13-24-18)26-8-10-27(11-9-26)21(28)17(23)12-15-3-5-16(22)6-4-15/h3-6,13-14,17H,2,7-12,23H2,1H3/t14-,17?/m1/s1. The third kappa shape index (κ3) is 3.84. The molecule has 2 aliphatic rings. The van der Waals surface area contributed by atoms with Gasteiger partial charge in [-0.1, -0.05) is 30.7 Å². The molecule has 4 rings (SSSR count). The second-order valence-electron chi connectivity index (χ2n) is 7.75. The number of carbonyl (C=O) groups excluding carboxylic acids is 1. The van der Waals surface area contributed by atoms with Crippen molar-refractivity contribution in [2.45, 2.75) is 38.1 Å². The van der Waals surface area contributed by atoms with Crippen LogP contribution in [-0.4, -0.2) is 53.0 Å². The number of hydrogen-bond acceptors (Lipinski definition) is 5. The van der Waals surface area contributed by atoms with Crippen LogP contribution in [0.2, 0.25) is 5.02 Å². The molecule has 1 saturated heterocycles. The van der Waals surface area contributed by atoms with Crippen LogP contribution in [0.3, 0.4) is 0 Å². The first kappa shape index (κ1) is 19.2. The van der Waals surface area contributed by atoms with Crippen LogP contribution in [0.25, 0.3) is 0 Å². The summed E-state index contributed by atoms with van der Waals surface area (Å²) in [5.74, 6) is 1.56. The number of piperazine rings is 1. The summed E-state index contributed by atoms with van der Waals surface area (Å²) in [6.45, 7) is 5.13. The number of aryl methyl sites for hydroxylation is 1. The van der Waals surface area contributed by atoms with Gasteiger partial charge >= 0.3 is 0 Å². The summed E-state index contributed by atoms with van der Waals surface area (Å²) in [5.41, 5.74) is 9.69. The summed E-state index contributed by atoms with van der Waals surface area (Å²) in [5, 5.41) is 0.685. The summed E-state index contributed by atoms with van der Waals surface area (Å²) < 4.78 is 0. The van der Waals surface area contributed by atoms with Gasteiger partial charge in [0.1, 0.15) is 12.1 Å². The topological polar surface area (TPSA) is 75.4 Å². The molecule has 6 nitrogen and oxygen atoms in total. The fourth-order valence-electron chi connectivity index (χ4n) is 4.21. The van der Waals surface area contributed by atoms with Crippen molar-refractivity contribution < 1.29 is 4.79 Å². The normalized spacial score (nSPS) is 20.2. The van der Waals surface area contributed by atoms with E-state index in [1.54, 1.807) is 6.33 Å². The Morgan fingerprint density at radius 3 is 2.64 bits per heavy atom. The number of aromatic nitrogens is 2. The van der Waals surface area contributed by atoms with Crippen molar-refractivity contribution in [2.24, 2.45) is 5.73 Å². The third-order valence-electron chi connectivity index (χ3n) is 5.83. The zero-order chi connectivity index (χ0) is 19.7. The van der Waals surface area contributed by atoms with E-state index in [1.807, 2.05) is 29.2 Å². The van der Waals surface area contributed by atoms with Gasteiger partial charge in [-0.2, -0.15) is 0 Å². The minimum atomic E-state index is -0.531. The molecule has 0 radical (unpaired) electrons. The van der Waals surface area contributed by atoms with E-state index in [9.17, 15) is 4.79 Å². The molecule has 1 fully saturated rings. The summed E-state index contributed by atoms with van der Waals surface area (Å²) in [6.07, 6.45) is 4.36. The van der Waals surface area contributed by atoms with Crippen LogP contribution < -0.4 is 10.6 Å². The molecule has 7 heteroatoms. The maximum absolute atomic E-state index is 12.8. The first-order chi connectivity index (χ1) is 13.5. The molecule has 1 aromatic carbocycles. The van der Waals surface area contributed by atoms with Gasteiger partial charge < -0.3 is 15.5 Å². The quantitative estimate of drug-likeness (QED) is 0.854. The summed E-state index contributed by atoms with van der Waals surface area (Å²) in [7, 11) is 0. The molecule has 2 heterocycles. The number of halogens is 1. The van der Waals surface area contributed by atoms with Gasteiger partial charge in [0.25, 0.3) is 0 Å². The maximum atomic E-state index is 12.8. The van der Waals surface area contributed by atoms with Crippen molar-refractivity contribution in [3.05, 3.63) is 52.4 Å². The lowest BCUT2D eigenvalue weighted by Gasteiger charge is -2.37. The Balaban J connectivity index is 1.37. The highest BCUT2D eigenvalue weighted by Crippen LogP contribution is 2.37. The number of anilines is 1. The molecule has 1 aromatic heterocycles. The molecule has 1 amide bonds. The maximum Gasteiger partial charge on any atom is 0.239 e. The Morgan fingerprint density at radius 2 is 1.93 bits per heavy atom. The van der Waals surface area contributed by atoms with Gasteiger partial charge in [-0.3, -0.25) is 4.79 Å². The molecule has 148 valence electrons. The number of rotatable bonds is 4. The molecule has 1 unspecified atom stereocenters. The van der Waals surface area contributed by atoms with Crippen molar-refractivity contribution in [3.63, 3.8) is 0 Å². The first-order valence-corrected chi connectivity index (χ1v) is 10.3. The Labute approximate surface area is 170 Å². The van der Waals surface area contributed by atoms with Crippen LogP contribution in [0.4, 0.5) is 5.82 Å². The monoisotopic (exact) mass is 399 g/mol. The zero-order valence-electron chi connectivity index (χ0n) is 16.1. The zero-order valence-corrected chi connectivity index (χ0v) is 16.9. The van der Waals surface area contributed by atoms with Crippen molar-refractivity contribution in [3.8, 4) is 0 Å². The van der Waals surface area contributed by atoms with E-state index in [4.69, 9.17) is 17.3 Å². The van der Waals surface area contributed by atoms with E-state index in [0.29, 0.717) is 30.5 Å². The number of carbonyl (C=O) groups is 1. The van der Waals surface area contributed by atoms with Gasteiger partial charge in [-0.25, -0.2) is 9.97 Å². The molecular formula is C21H26ClN5O. The minimum Gasteiger partial charge on any atom is -0.353 e. The second-order valence-corrected chi connectivity index (χ2v) is 8.18. The highest BCUT2D eigenvalue weighted by Gasteiger charge is 2.30. The molecule has 1 aliphatic heterocycles. The Morgan fingerprint density at radius 1 is 1.21 bits per heavy atom. The van der Waals surface area contributed by atoms with Crippen LogP contribution in [0.15, 0.2) is 30.6 Å². The van der Waals surface area contributed by atoms with Gasteiger partial charge in [0.2, 0.25) is 5.91 Å². The van der Waals surface area contributed by atoms with Gasteiger partial charge in [-0.15, -0.1) is 0 Å². The van der Waals surface area contributed by atoms with Gasteiger partial charge in [-0.05, 0) is 42.9 Å². The van der Waals surface area contributed by atoms with Crippen LogP contribution in [-0.2, 0) is 17.6 Å². The minimum absolute atomic E-state index is 0.0101. The molecular weight excluding hydrogens is 374 g/mol. The van der Waals surface area contributed by atoms with Gasteiger partial charge in [0, 0.05) is 42.5 Å². The smallest absolute Gasteiger partial charge is 0.239 e. The summed E-state index contributed by atoms with van der Waals surface area (Å²) >= 11 is 5.92. The molecule has 2 atom stereocenters. The first-order valence-electron chi connectivity index (χ1n) is 9.90. The highest BCUT2D eigenvalue weighted by molar-refractivity contribution is 6.30. The SMILES string of the molecule is C[C@@H]1CCc2ncnc(N3CCN(C(=O)C(N)Cc4ccc(Cl)cc4)CC3)c21. The van der Waals surface area contributed by atoms with Crippen LogP contribution in [0.5, 0.6) is 0 Å². The molecule has 28 heavy (non-hydrogen) atoms. The Hall–Kier alpha value is -2.18. The number of benzene rings is 1.